The van der Waals surface area contributed by atoms with Crippen molar-refractivity contribution in [1.29, 1.82) is 0 Å². The number of nitrogens with one attached hydrogen (secondary N) is 1. The lowest BCUT2D eigenvalue weighted by molar-refractivity contribution is -0.302. The van der Waals surface area contributed by atoms with E-state index < -0.39 is 49.5 Å². The van der Waals surface area contributed by atoms with E-state index in [-0.39, 0.29) is 18.5 Å². The Kier molecular flexibility index (Phi) is 61.3. The number of ether oxygens (including phenoxy) is 3. The molecule has 0 aromatic carbocycles. The van der Waals surface area contributed by atoms with Gasteiger partial charge in [-0.05, 0) is 83.5 Å². The summed E-state index contributed by atoms with van der Waals surface area (Å²) in [7, 11) is 0. The van der Waals surface area contributed by atoms with E-state index in [1.165, 1.54) is 283 Å². The zero-order valence-corrected chi connectivity index (χ0v) is 56.3. The minimum atomic E-state index is -1.57. The van der Waals surface area contributed by atoms with E-state index in [4.69, 9.17) is 14.2 Å². The first-order chi connectivity index (χ1) is 42.2. The smallest absolute Gasteiger partial charge is 0.305 e. The second-order valence-corrected chi connectivity index (χ2v) is 26.0. The van der Waals surface area contributed by atoms with Crippen LogP contribution in [0.1, 0.15) is 367 Å². The van der Waals surface area contributed by atoms with Crippen LogP contribution in [0.3, 0.4) is 0 Å². The number of unbranched alkanes of at least 4 members (excludes halogenated alkanes) is 48. The summed E-state index contributed by atoms with van der Waals surface area (Å²) in [5.74, 6) is -0.173. The van der Waals surface area contributed by atoms with Crippen molar-refractivity contribution in [2.75, 3.05) is 19.8 Å². The molecule has 1 amide bonds. The third kappa shape index (κ3) is 52.6. The van der Waals surface area contributed by atoms with Crippen molar-refractivity contribution in [1.82, 2.24) is 5.32 Å². The van der Waals surface area contributed by atoms with Crippen molar-refractivity contribution in [2.45, 2.75) is 410 Å². The van der Waals surface area contributed by atoms with Crippen LogP contribution >= 0.6 is 0 Å². The molecule has 11 nitrogen and oxygen atoms in total. The average molecular weight is 1220 g/mol. The molecule has 7 unspecified atom stereocenters. The molecule has 1 aliphatic heterocycles. The summed E-state index contributed by atoms with van der Waals surface area (Å²) in [4.78, 5) is 25.1. The second kappa shape index (κ2) is 64.4. The molecule has 0 radical (unpaired) electrons. The van der Waals surface area contributed by atoms with Crippen LogP contribution in [0, 0.1) is 0 Å². The lowest BCUT2D eigenvalue weighted by Gasteiger charge is -2.40. The summed E-state index contributed by atoms with van der Waals surface area (Å²) in [6.07, 6.45) is 73.1. The number of hydrogen-bond acceptors (Lipinski definition) is 10. The van der Waals surface area contributed by atoms with Gasteiger partial charge in [-0.15, -0.1) is 0 Å². The van der Waals surface area contributed by atoms with Crippen LogP contribution < -0.4 is 5.32 Å². The van der Waals surface area contributed by atoms with Crippen LogP contribution in [-0.2, 0) is 23.8 Å². The molecule has 0 saturated carbocycles. The zero-order chi connectivity index (χ0) is 62.3. The molecule has 0 aromatic rings. The third-order valence-corrected chi connectivity index (χ3v) is 17.7. The van der Waals surface area contributed by atoms with E-state index in [2.05, 4.69) is 43.5 Å². The number of esters is 1. The van der Waals surface area contributed by atoms with Gasteiger partial charge in [0.25, 0.3) is 0 Å². The van der Waals surface area contributed by atoms with Crippen molar-refractivity contribution in [3.8, 4) is 0 Å². The van der Waals surface area contributed by atoms with Crippen molar-refractivity contribution >= 4 is 11.9 Å². The van der Waals surface area contributed by atoms with Gasteiger partial charge in [0, 0.05) is 12.8 Å². The molecule has 1 rings (SSSR count). The molecular weight excluding hydrogens is 1070 g/mol. The van der Waals surface area contributed by atoms with Crippen LogP contribution in [0.2, 0.25) is 0 Å². The topological polar surface area (TPSA) is 175 Å². The molecule has 86 heavy (non-hydrogen) atoms. The minimum Gasteiger partial charge on any atom is -0.466 e. The van der Waals surface area contributed by atoms with E-state index in [0.29, 0.717) is 19.4 Å². The SMILES string of the molecule is CCCCCC/C=C\CCCCCCCC(=O)OCCCCCCCCCCCCCCCC/C=C\CCCCCCCCCCCCCCCCCCCC(=O)NC(COC1OC(CO)C(O)C(O)C1O)C(O)/C=C/CCCCCCCCCC. The van der Waals surface area contributed by atoms with Gasteiger partial charge in [-0.2, -0.15) is 0 Å². The molecule has 1 heterocycles. The van der Waals surface area contributed by atoms with Crippen molar-refractivity contribution < 1.29 is 49.3 Å². The molecule has 7 atom stereocenters. The van der Waals surface area contributed by atoms with E-state index in [1.807, 2.05) is 6.08 Å². The number of aliphatic hydroxyl groups excluding tert-OH is 5. The van der Waals surface area contributed by atoms with Crippen LogP contribution in [0.25, 0.3) is 0 Å². The number of rotatable bonds is 66. The molecule has 506 valence electrons. The molecule has 1 fully saturated rings. The van der Waals surface area contributed by atoms with Crippen LogP contribution in [-0.4, -0.2) is 100 Å². The van der Waals surface area contributed by atoms with Gasteiger partial charge in [-0.3, -0.25) is 9.59 Å². The Hall–Kier alpha value is -2.12. The molecule has 0 aliphatic carbocycles. The molecule has 0 spiro atoms. The highest BCUT2D eigenvalue weighted by Gasteiger charge is 2.44. The van der Waals surface area contributed by atoms with Crippen LogP contribution in [0.4, 0.5) is 0 Å². The molecule has 0 bridgehead atoms. The van der Waals surface area contributed by atoms with Gasteiger partial charge in [0.1, 0.15) is 24.4 Å². The molecule has 1 saturated heterocycles. The fourth-order valence-electron chi connectivity index (χ4n) is 11.8. The number of carbonyl (C=O) groups excluding carboxylic acids is 2. The second-order valence-electron chi connectivity index (χ2n) is 26.0. The Labute approximate surface area is 530 Å². The highest BCUT2D eigenvalue weighted by molar-refractivity contribution is 5.76. The molecule has 11 heteroatoms. The van der Waals surface area contributed by atoms with Gasteiger partial charge in [-0.25, -0.2) is 0 Å². The Morgan fingerprint density at radius 1 is 0.419 bits per heavy atom. The Balaban J connectivity index is 1.89. The summed E-state index contributed by atoms with van der Waals surface area (Å²) in [6.45, 7) is 4.34. The van der Waals surface area contributed by atoms with E-state index >= 15 is 0 Å². The van der Waals surface area contributed by atoms with E-state index in [0.717, 1.165) is 57.8 Å². The number of allylic oxidation sites excluding steroid dienone is 5. The summed E-state index contributed by atoms with van der Waals surface area (Å²) >= 11 is 0. The largest absolute Gasteiger partial charge is 0.466 e. The first kappa shape index (κ1) is 81.9. The number of hydrogen-bond donors (Lipinski definition) is 6. The highest BCUT2D eigenvalue weighted by Crippen LogP contribution is 2.23. The maximum absolute atomic E-state index is 13.0. The molecule has 6 N–H and O–H groups in total. The molecule has 1 aliphatic rings. The Morgan fingerprint density at radius 2 is 0.744 bits per heavy atom. The first-order valence-corrected chi connectivity index (χ1v) is 37.3. The fraction of sp³-hybridized carbons (Fsp3) is 0.893. The standard InChI is InChI=1S/C75H141NO10/c1-3-5-7-9-11-13-15-39-43-47-51-55-59-63-71(80)84-64-60-56-52-48-44-41-38-36-34-32-30-28-26-24-22-20-18-16-17-19-21-23-25-27-29-31-33-35-37-40-42-46-50-54-58-62-70(79)76-67(66-85-75-74(83)73(82)72(81)69(65-77)86-75)68(78)61-57-53-49-45-14-12-10-8-6-4-2/h13,15,18,20,57,61,67-69,72-75,77-78,81-83H,3-12,14,16-17,19,21-56,58-60,62-66H2,1-2H3,(H,76,79)/b15-13-,20-18-,61-57+. The highest BCUT2D eigenvalue weighted by atomic mass is 16.7. The van der Waals surface area contributed by atoms with Crippen molar-refractivity contribution in [3.05, 3.63) is 36.5 Å². The maximum Gasteiger partial charge on any atom is 0.305 e. The number of amides is 1. The monoisotopic (exact) mass is 1220 g/mol. The van der Waals surface area contributed by atoms with Gasteiger partial charge in [0.15, 0.2) is 6.29 Å². The average Bonchev–Trinajstić information content (AvgIpc) is 2.58. The number of carbonyl (C=O) groups is 2. The van der Waals surface area contributed by atoms with Crippen LogP contribution in [0.15, 0.2) is 36.5 Å². The first-order valence-electron chi connectivity index (χ1n) is 37.3. The fourth-order valence-corrected chi connectivity index (χ4v) is 11.8. The Bertz CT molecular complexity index is 1520. The van der Waals surface area contributed by atoms with E-state index in [1.54, 1.807) is 6.08 Å². The summed E-state index contributed by atoms with van der Waals surface area (Å²) in [5, 5.41) is 54.4. The van der Waals surface area contributed by atoms with Gasteiger partial charge in [0.2, 0.25) is 5.91 Å². The normalized spacial score (nSPS) is 18.1. The van der Waals surface area contributed by atoms with E-state index in [9.17, 15) is 35.1 Å². The lowest BCUT2D eigenvalue weighted by Crippen LogP contribution is -2.60. The van der Waals surface area contributed by atoms with Gasteiger partial charge in [-0.1, -0.05) is 307 Å². The predicted octanol–water partition coefficient (Wildman–Crippen LogP) is 19.4. The van der Waals surface area contributed by atoms with Gasteiger partial charge in [0.05, 0.1) is 32.0 Å². The van der Waals surface area contributed by atoms with Crippen molar-refractivity contribution in [2.24, 2.45) is 0 Å². The van der Waals surface area contributed by atoms with Crippen LogP contribution in [0.5, 0.6) is 0 Å². The third-order valence-electron chi connectivity index (χ3n) is 17.7. The zero-order valence-electron chi connectivity index (χ0n) is 56.3. The predicted molar refractivity (Wildman–Crippen MR) is 361 cm³/mol. The quantitative estimate of drug-likeness (QED) is 0.0195. The summed E-state index contributed by atoms with van der Waals surface area (Å²) in [5.41, 5.74) is 0. The minimum absolute atomic E-state index is 0.00452. The molecular formula is C75H141NO10. The Morgan fingerprint density at radius 3 is 1.13 bits per heavy atom. The van der Waals surface area contributed by atoms with Crippen molar-refractivity contribution in [3.63, 3.8) is 0 Å². The summed E-state index contributed by atoms with van der Waals surface area (Å²) < 4.78 is 16.7. The molecule has 0 aromatic heterocycles. The lowest BCUT2D eigenvalue weighted by atomic mass is 9.99. The van der Waals surface area contributed by atoms with Gasteiger partial charge < -0.3 is 45.1 Å². The number of aliphatic hydroxyl groups is 5. The maximum atomic E-state index is 13.0. The summed E-state index contributed by atoms with van der Waals surface area (Å²) in [6, 6.07) is -0.806. The van der Waals surface area contributed by atoms with Gasteiger partial charge >= 0.3 is 5.97 Å².